The van der Waals surface area contributed by atoms with Gasteiger partial charge in [-0.15, -0.1) is 0 Å². The van der Waals surface area contributed by atoms with E-state index in [0.717, 1.165) is 6.42 Å². The summed E-state index contributed by atoms with van der Waals surface area (Å²) in [4.78, 5) is 10.5. The van der Waals surface area contributed by atoms with E-state index in [1.165, 1.54) is 13.1 Å². The first-order chi connectivity index (χ1) is 4.72. The first-order valence-corrected chi connectivity index (χ1v) is 3.64. The molecule has 0 fully saturated rings. The zero-order valence-corrected chi connectivity index (χ0v) is 7.27. The van der Waals surface area contributed by atoms with Crippen LogP contribution in [0.1, 0.15) is 34.1 Å². The Labute approximate surface area is 63.1 Å². The van der Waals surface area contributed by atoms with Gasteiger partial charge in [0.15, 0.2) is 5.78 Å². The molecule has 0 spiro atoms. The third-order valence-electron chi connectivity index (χ3n) is 1.03. The van der Waals surface area contributed by atoms with E-state index in [1.807, 2.05) is 20.8 Å². The fourth-order valence-corrected chi connectivity index (χ4v) is 0.484. The summed E-state index contributed by atoms with van der Waals surface area (Å²) in [7, 11) is 0. The zero-order valence-electron chi connectivity index (χ0n) is 7.27. The molecule has 0 bridgehead atoms. The second-order valence-corrected chi connectivity index (χ2v) is 1.60. The highest BCUT2D eigenvalue weighted by molar-refractivity contribution is 5.92. The average molecular weight is 143 g/mol. The summed E-state index contributed by atoms with van der Waals surface area (Å²) in [6.45, 7) is 7.42. The van der Waals surface area contributed by atoms with Gasteiger partial charge in [-0.3, -0.25) is 4.79 Å². The number of carbonyl (C=O) groups is 1. The first kappa shape index (κ1) is 11.9. The van der Waals surface area contributed by atoms with Crippen LogP contribution in [0, 0.1) is 0 Å². The summed E-state index contributed by atoms with van der Waals surface area (Å²) in [5.41, 5.74) is 5.80. The van der Waals surface area contributed by atoms with Crippen molar-refractivity contribution in [2.45, 2.75) is 34.1 Å². The van der Waals surface area contributed by atoms with Crippen molar-refractivity contribution < 1.29 is 4.79 Å². The van der Waals surface area contributed by atoms with Crippen molar-refractivity contribution in [2.75, 3.05) is 0 Å². The number of carbonyl (C=O) groups excluding carboxylic acids is 1. The molecular weight excluding hydrogens is 126 g/mol. The van der Waals surface area contributed by atoms with Crippen molar-refractivity contribution in [3.05, 3.63) is 11.8 Å². The van der Waals surface area contributed by atoms with Crippen molar-refractivity contribution in [1.29, 1.82) is 0 Å². The van der Waals surface area contributed by atoms with Gasteiger partial charge in [-0.1, -0.05) is 20.8 Å². The molecule has 0 aliphatic rings. The van der Waals surface area contributed by atoms with Crippen LogP contribution >= 0.6 is 0 Å². The Morgan fingerprint density at radius 3 is 1.90 bits per heavy atom. The van der Waals surface area contributed by atoms with Crippen LogP contribution in [0.25, 0.3) is 0 Å². The maximum Gasteiger partial charge on any atom is 0.157 e. The topological polar surface area (TPSA) is 43.1 Å². The van der Waals surface area contributed by atoms with Gasteiger partial charge in [-0.05, 0) is 13.3 Å². The smallest absolute Gasteiger partial charge is 0.157 e. The molecule has 0 aromatic rings. The average Bonchev–Trinajstić information content (AvgIpc) is 1.94. The Hall–Kier alpha value is -0.790. The molecule has 0 saturated heterocycles. The maximum absolute atomic E-state index is 10.5. The van der Waals surface area contributed by atoms with E-state index in [-0.39, 0.29) is 5.78 Å². The number of nitrogens with two attached hydrogens (primary N) is 1. The lowest BCUT2D eigenvalue weighted by atomic mass is 10.1. The number of hydrogen-bond acceptors (Lipinski definition) is 2. The number of rotatable bonds is 2. The molecule has 0 rings (SSSR count). The number of hydrogen-bond donors (Lipinski definition) is 1. The van der Waals surface area contributed by atoms with Crippen LogP contribution in [0.4, 0.5) is 0 Å². The van der Waals surface area contributed by atoms with Gasteiger partial charge in [0.25, 0.3) is 0 Å². The van der Waals surface area contributed by atoms with Gasteiger partial charge in [0.1, 0.15) is 0 Å². The second-order valence-electron chi connectivity index (χ2n) is 1.60. The van der Waals surface area contributed by atoms with E-state index in [1.54, 1.807) is 0 Å². The molecule has 2 nitrogen and oxygen atoms in total. The van der Waals surface area contributed by atoms with Crippen molar-refractivity contribution in [2.24, 2.45) is 5.73 Å². The predicted molar refractivity (Wildman–Crippen MR) is 44.6 cm³/mol. The zero-order chi connectivity index (χ0) is 8.57. The molecule has 2 heteroatoms. The van der Waals surface area contributed by atoms with E-state index in [2.05, 4.69) is 0 Å². The molecule has 60 valence electrons. The summed E-state index contributed by atoms with van der Waals surface area (Å²) >= 11 is 0. The molecular formula is C8H17NO. The highest BCUT2D eigenvalue weighted by Crippen LogP contribution is 1.97. The van der Waals surface area contributed by atoms with Gasteiger partial charge < -0.3 is 5.73 Å². The molecule has 0 amide bonds. The molecule has 0 saturated carbocycles. The van der Waals surface area contributed by atoms with Gasteiger partial charge in [-0.25, -0.2) is 0 Å². The van der Waals surface area contributed by atoms with E-state index < -0.39 is 0 Å². The van der Waals surface area contributed by atoms with E-state index >= 15 is 0 Å². The van der Waals surface area contributed by atoms with E-state index in [9.17, 15) is 4.79 Å². The van der Waals surface area contributed by atoms with Crippen LogP contribution in [-0.4, -0.2) is 5.78 Å². The minimum atomic E-state index is 0.0648. The molecule has 0 aliphatic carbocycles. The lowest BCUT2D eigenvalue weighted by Crippen LogP contribution is -1.97. The minimum absolute atomic E-state index is 0.0648. The Kier molecular flexibility index (Phi) is 9.80. The summed E-state index contributed by atoms with van der Waals surface area (Å²) < 4.78 is 0. The Balaban J connectivity index is 0. The number of ketones is 1. The minimum Gasteiger partial charge on any atom is -0.404 e. The second kappa shape index (κ2) is 8.21. The monoisotopic (exact) mass is 143 g/mol. The first-order valence-electron chi connectivity index (χ1n) is 3.64. The Morgan fingerprint density at radius 1 is 1.50 bits per heavy atom. The predicted octanol–water partition coefficient (Wildman–Crippen LogP) is 1.85. The van der Waals surface area contributed by atoms with Crippen molar-refractivity contribution >= 4 is 5.78 Å². The van der Waals surface area contributed by atoms with Crippen LogP contribution < -0.4 is 5.73 Å². The molecule has 0 heterocycles. The lowest BCUT2D eigenvalue weighted by molar-refractivity contribution is -0.113. The summed E-state index contributed by atoms with van der Waals surface area (Å²) in [6.07, 6.45) is 2.09. The molecule has 10 heavy (non-hydrogen) atoms. The molecule has 0 aromatic heterocycles. The third kappa shape index (κ3) is 5.35. The quantitative estimate of drug-likeness (QED) is 0.599. The third-order valence-corrected chi connectivity index (χ3v) is 1.03. The molecule has 0 radical (unpaired) electrons. The standard InChI is InChI=1S/C6H11NO.C2H6/c1-3-6(4-7)5(2)8;1-2/h4H,3,7H2,1-2H3;1-2H3/b6-4-;. The van der Waals surface area contributed by atoms with Crippen LogP contribution in [0.5, 0.6) is 0 Å². The SMILES string of the molecule is CC.CC/C(=C/N)C(C)=O. The fraction of sp³-hybridized carbons (Fsp3) is 0.625. The molecule has 0 aromatic carbocycles. The van der Waals surface area contributed by atoms with Gasteiger partial charge in [0.05, 0.1) is 0 Å². The Bertz CT molecular complexity index is 116. The van der Waals surface area contributed by atoms with Crippen LogP contribution in [-0.2, 0) is 4.79 Å². The summed E-state index contributed by atoms with van der Waals surface area (Å²) in [6, 6.07) is 0. The van der Waals surface area contributed by atoms with Gasteiger partial charge in [0, 0.05) is 11.8 Å². The van der Waals surface area contributed by atoms with Crippen molar-refractivity contribution in [1.82, 2.24) is 0 Å². The van der Waals surface area contributed by atoms with Crippen LogP contribution in [0.2, 0.25) is 0 Å². The van der Waals surface area contributed by atoms with Crippen molar-refractivity contribution in [3.8, 4) is 0 Å². The lowest BCUT2D eigenvalue weighted by Gasteiger charge is -1.92. The summed E-state index contributed by atoms with van der Waals surface area (Å²) in [5, 5.41) is 0. The maximum atomic E-state index is 10.5. The van der Waals surface area contributed by atoms with Crippen LogP contribution in [0.3, 0.4) is 0 Å². The Morgan fingerprint density at radius 2 is 1.90 bits per heavy atom. The van der Waals surface area contributed by atoms with Gasteiger partial charge >= 0.3 is 0 Å². The molecule has 0 unspecified atom stereocenters. The molecule has 0 atom stereocenters. The fourth-order valence-electron chi connectivity index (χ4n) is 0.484. The normalized spacial score (nSPS) is 9.80. The highest BCUT2D eigenvalue weighted by atomic mass is 16.1. The number of Topliss-reactive ketones (excluding diaryl/α,β-unsaturated/α-hetero) is 1. The largest absolute Gasteiger partial charge is 0.404 e. The van der Waals surface area contributed by atoms with E-state index in [0.29, 0.717) is 5.57 Å². The summed E-state index contributed by atoms with van der Waals surface area (Å²) in [5.74, 6) is 0.0648. The number of allylic oxidation sites excluding steroid dienone is 1. The molecule has 0 aliphatic heterocycles. The van der Waals surface area contributed by atoms with Crippen LogP contribution in [0.15, 0.2) is 11.8 Å². The van der Waals surface area contributed by atoms with Gasteiger partial charge in [0.2, 0.25) is 0 Å². The van der Waals surface area contributed by atoms with Gasteiger partial charge in [-0.2, -0.15) is 0 Å². The highest BCUT2D eigenvalue weighted by Gasteiger charge is 1.96. The van der Waals surface area contributed by atoms with E-state index in [4.69, 9.17) is 5.73 Å². The van der Waals surface area contributed by atoms with Crippen molar-refractivity contribution in [3.63, 3.8) is 0 Å². The molecule has 2 N–H and O–H groups in total.